The van der Waals surface area contributed by atoms with Crippen LogP contribution in [-0.4, -0.2) is 19.2 Å². The maximum Gasteiger partial charge on any atom is 0.276 e. The van der Waals surface area contributed by atoms with E-state index in [0.29, 0.717) is 23.7 Å². The number of rotatable bonds is 4. The SMILES string of the molecule is Cc1ccc(-c2cc3c(=O)n(Cc4nc(-c5ccccc5)oc4C)ccn3n2)cc1C. The minimum absolute atomic E-state index is 0.117. The van der Waals surface area contributed by atoms with Gasteiger partial charge in [-0.3, -0.25) is 4.79 Å². The second-order valence-electron chi connectivity index (χ2n) is 7.78. The molecule has 0 aliphatic heterocycles. The Labute approximate surface area is 179 Å². The molecule has 0 N–H and O–H groups in total. The average molecular weight is 410 g/mol. The molecule has 154 valence electrons. The van der Waals surface area contributed by atoms with Gasteiger partial charge in [-0.15, -0.1) is 0 Å². The quantitative estimate of drug-likeness (QED) is 0.427. The van der Waals surface area contributed by atoms with E-state index in [2.05, 4.69) is 36.1 Å². The first-order valence-corrected chi connectivity index (χ1v) is 10.2. The van der Waals surface area contributed by atoms with Gasteiger partial charge in [0.1, 0.15) is 17.0 Å². The molecule has 0 bridgehead atoms. The maximum absolute atomic E-state index is 13.1. The van der Waals surface area contributed by atoms with Gasteiger partial charge in [-0.1, -0.05) is 30.3 Å². The van der Waals surface area contributed by atoms with E-state index in [1.165, 1.54) is 11.1 Å². The number of fused-ring (bicyclic) bond motifs is 1. The van der Waals surface area contributed by atoms with Crippen LogP contribution in [0, 0.1) is 20.8 Å². The van der Waals surface area contributed by atoms with Crippen LogP contribution in [0.25, 0.3) is 28.2 Å². The molecule has 0 saturated carbocycles. The number of oxazole rings is 1. The lowest BCUT2D eigenvalue weighted by Crippen LogP contribution is -2.22. The van der Waals surface area contributed by atoms with Crippen LogP contribution in [-0.2, 0) is 6.54 Å². The Kier molecular flexibility index (Phi) is 4.55. The Morgan fingerprint density at radius 3 is 2.48 bits per heavy atom. The molecule has 5 rings (SSSR count). The van der Waals surface area contributed by atoms with E-state index in [1.54, 1.807) is 21.5 Å². The maximum atomic E-state index is 13.1. The third-order valence-electron chi connectivity index (χ3n) is 5.64. The van der Waals surface area contributed by atoms with E-state index in [1.807, 2.05) is 49.4 Å². The van der Waals surface area contributed by atoms with Gasteiger partial charge in [0.05, 0.1) is 12.2 Å². The molecule has 5 aromatic rings. The van der Waals surface area contributed by atoms with Gasteiger partial charge in [0.25, 0.3) is 5.56 Å². The summed E-state index contributed by atoms with van der Waals surface area (Å²) < 4.78 is 9.11. The number of benzene rings is 2. The summed E-state index contributed by atoms with van der Waals surface area (Å²) in [6, 6.07) is 17.8. The Morgan fingerprint density at radius 1 is 0.903 bits per heavy atom. The third kappa shape index (κ3) is 3.46. The number of aromatic nitrogens is 4. The van der Waals surface area contributed by atoms with Crippen LogP contribution in [0.2, 0.25) is 0 Å². The van der Waals surface area contributed by atoms with Crippen molar-refractivity contribution >= 4 is 5.52 Å². The van der Waals surface area contributed by atoms with Crippen LogP contribution < -0.4 is 5.56 Å². The van der Waals surface area contributed by atoms with E-state index in [9.17, 15) is 4.79 Å². The zero-order valence-electron chi connectivity index (χ0n) is 17.7. The highest BCUT2D eigenvalue weighted by molar-refractivity contribution is 5.66. The molecule has 0 aliphatic carbocycles. The van der Waals surface area contributed by atoms with Gasteiger partial charge < -0.3 is 8.98 Å². The van der Waals surface area contributed by atoms with Gasteiger partial charge in [-0.25, -0.2) is 9.50 Å². The molecule has 0 amide bonds. The van der Waals surface area contributed by atoms with Gasteiger partial charge in [0.15, 0.2) is 0 Å². The average Bonchev–Trinajstić information content (AvgIpc) is 3.37. The summed E-state index contributed by atoms with van der Waals surface area (Å²) in [6.45, 7) is 6.36. The van der Waals surface area contributed by atoms with Crippen molar-refractivity contribution in [2.75, 3.05) is 0 Å². The van der Waals surface area contributed by atoms with Crippen molar-refractivity contribution in [3.8, 4) is 22.7 Å². The molecule has 0 radical (unpaired) electrons. The minimum atomic E-state index is -0.117. The second kappa shape index (κ2) is 7.40. The number of hydrogen-bond acceptors (Lipinski definition) is 4. The van der Waals surface area contributed by atoms with Crippen molar-refractivity contribution in [2.45, 2.75) is 27.3 Å². The largest absolute Gasteiger partial charge is 0.441 e. The summed E-state index contributed by atoms with van der Waals surface area (Å²) in [5.74, 6) is 1.26. The van der Waals surface area contributed by atoms with Gasteiger partial charge in [0.2, 0.25) is 5.89 Å². The number of hydrogen-bond donors (Lipinski definition) is 0. The first kappa shape index (κ1) is 19.1. The van der Waals surface area contributed by atoms with Gasteiger partial charge in [0, 0.05) is 23.5 Å². The molecule has 0 spiro atoms. The van der Waals surface area contributed by atoms with Crippen LogP contribution in [0.15, 0.2) is 76.2 Å². The number of nitrogens with zero attached hydrogens (tertiary/aromatic N) is 4. The summed E-state index contributed by atoms with van der Waals surface area (Å²) in [5, 5.41) is 4.59. The van der Waals surface area contributed by atoms with Crippen LogP contribution >= 0.6 is 0 Å². The van der Waals surface area contributed by atoms with E-state index >= 15 is 0 Å². The minimum Gasteiger partial charge on any atom is -0.441 e. The second-order valence-corrected chi connectivity index (χ2v) is 7.78. The normalized spacial score (nSPS) is 11.3. The lowest BCUT2D eigenvalue weighted by atomic mass is 10.0. The summed E-state index contributed by atoms with van der Waals surface area (Å²) in [7, 11) is 0. The topological polar surface area (TPSA) is 65.3 Å². The van der Waals surface area contributed by atoms with Crippen molar-refractivity contribution in [1.29, 1.82) is 0 Å². The lowest BCUT2D eigenvalue weighted by molar-refractivity contribution is 0.537. The monoisotopic (exact) mass is 410 g/mol. The van der Waals surface area contributed by atoms with Crippen LogP contribution in [0.5, 0.6) is 0 Å². The van der Waals surface area contributed by atoms with Gasteiger partial charge in [-0.05, 0) is 56.2 Å². The highest BCUT2D eigenvalue weighted by atomic mass is 16.4. The van der Waals surface area contributed by atoms with E-state index in [0.717, 1.165) is 22.5 Å². The lowest BCUT2D eigenvalue weighted by Gasteiger charge is -2.04. The van der Waals surface area contributed by atoms with Crippen LogP contribution in [0.3, 0.4) is 0 Å². The van der Waals surface area contributed by atoms with Crippen LogP contribution in [0.1, 0.15) is 22.6 Å². The Morgan fingerprint density at radius 2 is 1.71 bits per heavy atom. The molecule has 3 heterocycles. The molecule has 6 nitrogen and oxygen atoms in total. The Bertz CT molecular complexity index is 1460. The van der Waals surface area contributed by atoms with Crippen molar-refractivity contribution in [3.05, 3.63) is 99.9 Å². The van der Waals surface area contributed by atoms with Crippen molar-refractivity contribution in [3.63, 3.8) is 0 Å². The Hall–Kier alpha value is -3.93. The third-order valence-corrected chi connectivity index (χ3v) is 5.64. The van der Waals surface area contributed by atoms with Gasteiger partial charge in [-0.2, -0.15) is 5.10 Å². The fraction of sp³-hybridized carbons (Fsp3) is 0.160. The van der Waals surface area contributed by atoms with Crippen molar-refractivity contribution in [1.82, 2.24) is 19.2 Å². The summed E-state index contributed by atoms with van der Waals surface area (Å²) >= 11 is 0. The summed E-state index contributed by atoms with van der Waals surface area (Å²) in [6.07, 6.45) is 3.54. The van der Waals surface area contributed by atoms with Crippen LogP contribution in [0.4, 0.5) is 0 Å². The fourth-order valence-corrected chi connectivity index (χ4v) is 3.63. The fourth-order valence-electron chi connectivity index (χ4n) is 3.63. The van der Waals surface area contributed by atoms with E-state index < -0.39 is 0 Å². The summed E-state index contributed by atoms with van der Waals surface area (Å²) in [5.41, 5.74) is 6.26. The van der Waals surface area contributed by atoms with Crippen molar-refractivity contribution in [2.24, 2.45) is 0 Å². The Balaban J connectivity index is 1.50. The zero-order valence-corrected chi connectivity index (χ0v) is 17.7. The molecule has 0 saturated heterocycles. The first-order chi connectivity index (χ1) is 15.0. The van der Waals surface area contributed by atoms with E-state index in [4.69, 9.17) is 4.42 Å². The molecular formula is C25H22N4O2. The first-order valence-electron chi connectivity index (χ1n) is 10.2. The predicted molar refractivity (Wildman–Crippen MR) is 120 cm³/mol. The molecule has 2 aromatic carbocycles. The standard InChI is InChI=1S/C25H22N4O2/c1-16-9-10-20(13-17(16)2)21-14-23-25(30)28(11-12-29(23)27-21)15-22-18(3)31-24(26-22)19-7-5-4-6-8-19/h4-14H,15H2,1-3H3. The molecular weight excluding hydrogens is 388 g/mol. The smallest absolute Gasteiger partial charge is 0.276 e. The molecule has 0 atom stereocenters. The molecule has 6 heteroatoms. The van der Waals surface area contributed by atoms with E-state index in [-0.39, 0.29) is 5.56 Å². The predicted octanol–water partition coefficient (Wildman–Crippen LogP) is 4.79. The number of aryl methyl sites for hydroxylation is 3. The highest BCUT2D eigenvalue weighted by Gasteiger charge is 2.14. The van der Waals surface area contributed by atoms with Gasteiger partial charge >= 0.3 is 0 Å². The summed E-state index contributed by atoms with van der Waals surface area (Å²) in [4.78, 5) is 17.7. The molecule has 0 fully saturated rings. The zero-order chi connectivity index (χ0) is 21.5. The molecule has 0 aliphatic rings. The molecule has 0 unspecified atom stereocenters. The van der Waals surface area contributed by atoms with Crippen molar-refractivity contribution < 1.29 is 4.42 Å². The molecule has 31 heavy (non-hydrogen) atoms. The highest BCUT2D eigenvalue weighted by Crippen LogP contribution is 2.23. The molecule has 3 aromatic heterocycles.